The van der Waals surface area contributed by atoms with E-state index in [0.717, 1.165) is 0 Å². The summed E-state index contributed by atoms with van der Waals surface area (Å²) < 4.78 is 68.1. The molecular weight excluding hydrogens is 311 g/mol. The third kappa shape index (κ3) is 2.98. The average molecular weight is 324 g/mol. The van der Waals surface area contributed by atoms with Crippen LogP contribution >= 0.6 is 0 Å². The van der Waals surface area contributed by atoms with E-state index in [1.54, 1.807) is 13.6 Å². The lowest BCUT2D eigenvalue weighted by Crippen LogP contribution is -2.54. The smallest absolute Gasteiger partial charge is 0.456 e. The fourth-order valence-corrected chi connectivity index (χ4v) is 2.75. The third-order valence-corrected chi connectivity index (χ3v) is 3.57. The molecule has 0 aromatic rings. The number of carbonyl (C=O) groups excluding carboxylic acids is 1. The summed E-state index contributed by atoms with van der Waals surface area (Å²) >= 11 is 0. The SMILES string of the molecule is CB1O[C@H]2O[C@H]3[C@H](OB(C)O[C@@H]3COC(=O)C(F)(F)F)[C@H]2O1. The fourth-order valence-electron chi connectivity index (χ4n) is 2.75. The number of carbonyl (C=O) groups is 1. The van der Waals surface area contributed by atoms with Gasteiger partial charge in [0, 0.05) is 0 Å². The minimum atomic E-state index is -5.05. The van der Waals surface area contributed by atoms with Gasteiger partial charge in [0.05, 0.1) is 0 Å². The normalized spacial score (nSPS) is 38.0. The number of hydrogen-bond donors (Lipinski definition) is 0. The second kappa shape index (κ2) is 5.68. The molecule has 12 heteroatoms. The maximum Gasteiger partial charge on any atom is 0.490 e. The van der Waals surface area contributed by atoms with Crippen molar-refractivity contribution in [1.82, 2.24) is 0 Å². The van der Waals surface area contributed by atoms with Crippen LogP contribution in [0.3, 0.4) is 0 Å². The van der Waals surface area contributed by atoms with Crippen molar-refractivity contribution < 1.29 is 46.1 Å². The molecule has 0 radical (unpaired) electrons. The molecule has 0 saturated carbocycles. The van der Waals surface area contributed by atoms with E-state index >= 15 is 0 Å². The first-order valence-corrected chi connectivity index (χ1v) is 6.77. The van der Waals surface area contributed by atoms with Gasteiger partial charge in [-0.25, -0.2) is 4.79 Å². The van der Waals surface area contributed by atoms with Crippen LogP contribution in [0.4, 0.5) is 13.2 Å². The van der Waals surface area contributed by atoms with Crippen LogP contribution in [0.1, 0.15) is 0 Å². The van der Waals surface area contributed by atoms with E-state index in [1.165, 1.54) is 0 Å². The number of halogens is 3. The van der Waals surface area contributed by atoms with Crippen molar-refractivity contribution in [2.24, 2.45) is 0 Å². The Balaban J connectivity index is 1.64. The highest BCUT2D eigenvalue weighted by Gasteiger charge is 2.58. The molecule has 3 rings (SSSR count). The molecule has 0 unspecified atom stereocenters. The maximum atomic E-state index is 12.2. The molecule has 0 bridgehead atoms. The number of rotatable bonds is 2. The Hall–Kier alpha value is -0.810. The first kappa shape index (κ1) is 16.1. The van der Waals surface area contributed by atoms with Gasteiger partial charge in [-0.15, -0.1) is 0 Å². The number of esters is 1. The topological polar surface area (TPSA) is 72.5 Å². The van der Waals surface area contributed by atoms with Crippen molar-refractivity contribution >= 4 is 20.2 Å². The summed E-state index contributed by atoms with van der Waals surface area (Å²) in [5, 5.41) is 0. The van der Waals surface area contributed by atoms with Gasteiger partial charge >= 0.3 is 26.4 Å². The Morgan fingerprint density at radius 3 is 2.36 bits per heavy atom. The standard InChI is InChI=1S/C10H13B2F3O7/c1-11-19-4(3-17-9(16)10(13,14)15)5-6(20-11)7-8(18-5)22-12(2)21-7/h4-8H,3H2,1-2H3/t4-,5-,6+,7-,8-/m1/s1. The molecule has 3 fully saturated rings. The second-order valence-electron chi connectivity index (χ2n) is 5.21. The lowest BCUT2D eigenvalue weighted by Gasteiger charge is -2.36. The lowest BCUT2D eigenvalue weighted by atomic mass is 9.88. The van der Waals surface area contributed by atoms with Crippen LogP contribution in [-0.2, 0) is 32.9 Å². The van der Waals surface area contributed by atoms with Crippen LogP contribution in [0.25, 0.3) is 0 Å². The minimum absolute atomic E-state index is 0.459. The highest BCUT2D eigenvalue weighted by atomic mass is 19.4. The zero-order valence-corrected chi connectivity index (χ0v) is 11.7. The molecule has 0 N–H and O–H groups in total. The minimum Gasteiger partial charge on any atom is -0.456 e. The van der Waals surface area contributed by atoms with Gasteiger partial charge in [0.1, 0.15) is 31.0 Å². The van der Waals surface area contributed by atoms with Gasteiger partial charge < -0.3 is 28.1 Å². The molecule has 0 aromatic carbocycles. The van der Waals surface area contributed by atoms with Crippen LogP contribution in [0, 0.1) is 0 Å². The fraction of sp³-hybridized carbons (Fsp3) is 0.900. The molecule has 0 spiro atoms. The summed E-state index contributed by atoms with van der Waals surface area (Å²) in [6, 6.07) is 0. The Bertz CT molecular complexity index is 451. The summed E-state index contributed by atoms with van der Waals surface area (Å²) in [5.41, 5.74) is 0. The van der Waals surface area contributed by atoms with Crippen molar-refractivity contribution in [1.29, 1.82) is 0 Å². The van der Waals surface area contributed by atoms with Crippen LogP contribution in [-0.4, -0.2) is 63.7 Å². The van der Waals surface area contributed by atoms with Crippen molar-refractivity contribution in [3.05, 3.63) is 0 Å². The number of ether oxygens (including phenoxy) is 2. The first-order valence-electron chi connectivity index (χ1n) is 6.77. The van der Waals surface area contributed by atoms with Crippen LogP contribution in [0.2, 0.25) is 13.6 Å². The number of fused-ring (bicyclic) bond motifs is 3. The Morgan fingerprint density at radius 1 is 1.05 bits per heavy atom. The van der Waals surface area contributed by atoms with E-state index in [2.05, 4.69) is 4.74 Å². The van der Waals surface area contributed by atoms with E-state index in [4.69, 9.17) is 23.4 Å². The Labute approximate surface area is 124 Å². The van der Waals surface area contributed by atoms with Crippen molar-refractivity contribution in [3.63, 3.8) is 0 Å². The van der Waals surface area contributed by atoms with Crippen molar-refractivity contribution in [2.45, 2.75) is 50.5 Å². The highest BCUT2D eigenvalue weighted by molar-refractivity contribution is 6.43. The van der Waals surface area contributed by atoms with Crippen LogP contribution in [0.15, 0.2) is 0 Å². The zero-order chi connectivity index (χ0) is 16.1. The predicted octanol–water partition coefficient (Wildman–Crippen LogP) is 0.252. The second-order valence-corrected chi connectivity index (χ2v) is 5.21. The van der Waals surface area contributed by atoms with E-state index in [0.29, 0.717) is 0 Å². The monoisotopic (exact) mass is 324 g/mol. The van der Waals surface area contributed by atoms with Gasteiger partial charge in [0.25, 0.3) is 0 Å². The molecular formula is C10H13B2F3O7. The Kier molecular flexibility index (Phi) is 4.14. The first-order chi connectivity index (χ1) is 10.3. The molecule has 3 heterocycles. The summed E-state index contributed by atoms with van der Waals surface area (Å²) in [6.07, 6.45) is -8.42. The van der Waals surface area contributed by atoms with E-state index in [1.807, 2.05) is 0 Å². The molecule has 22 heavy (non-hydrogen) atoms. The maximum absolute atomic E-state index is 12.2. The van der Waals surface area contributed by atoms with E-state index in [-0.39, 0.29) is 0 Å². The van der Waals surface area contributed by atoms with Crippen molar-refractivity contribution in [2.75, 3.05) is 6.61 Å². The average Bonchev–Trinajstić information content (AvgIpc) is 2.91. The van der Waals surface area contributed by atoms with Crippen molar-refractivity contribution in [3.8, 4) is 0 Å². The molecule has 3 saturated heterocycles. The van der Waals surface area contributed by atoms with Gasteiger partial charge in [-0.2, -0.15) is 13.2 Å². The summed E-state index contributed by atoms with van der Waals surface area (Å²) in [6.45, 7) is 2.69. The molecule has 0 aromatic heterocycles. The van der Waals surface area contributed by atoms with Gasteiger partial charge in [-0.1, -0.05) is 0 Å². The quantitative estimate of drug-likeness (QED) is 0.533. The Morgan fingerprint density at radius 2 is 1.68 bits per heavy atom. The van der Waals surface area contributed by atoms with E-state index in [9.17, 15) is 18.0 Å². The summed E-state index contributed by atoms with van der Waals surface area (Å²) in [5.74, 6) is -2.27. The van der Waals surface area contributed by atoms with Gasteiger partial charge in [0.15, 0.2) is 6.29 Å². The number of alkyl halides is 3. The van der Waals surface area contributed by atoms with Crippen LogP contribution < -0.4 is 0 Å². The molecule has 0 aliphatic carbocycles. The lowest BCUT2D eigenvalue weighted by molar-refractivity contribution is -0.206. The van der Waals surface area contributed by atoms with Gasteiger partial charge in [-0.05, 0) is 13.6 Å². The highest BCUT2D eigenvalue weighted by Crippen LogP contribution is 2.38. The number of hydrogen-bond acceptors (Lipinski definition) is 7. The van der Waals surface area contributed by atoms with Gasteiger partial charge in [-0.3, -0.25) is 0 Å². The third-order valence-electron chi connectivity index (χ3n) is 3.57. The van der Waals surface area contributed by atoms with E-state index < -0.39 is 63.7 Å². The summed E-state index contributed by atoms with van der Waals surface area (Å²) in [4.78, 5) is 10.8. The molecule has 0 amide bonds. The molecule has 3 aliphatic heterocycles. The largest absolute Gasteiger partial charge is 0.490 e. The molecule has 5 atom stereocenters. The zero-order valence-electron chi connectivity index (χ0n) is 11.7. The molecule has 3 aliphatic rings. The molecule has 122 valence electrons. The van der Waals surface area contributed by atoms with Gasteiger partial charge in [0.2, 0.25) is 0 Å². The summed E-state index contributed by atoms with van der Waals surface area (Å²) in [7, 11) is -1.16. The van der Waals surface area contributed by atoms with Crippen LogP contribution in [0.5, 0.6) is 0 Å². The molecule has 7 nitrogen and oxygen atoms in total. The predicted molar refractivity (Wildman–Crippen MR) is 64.6 cm³/mol.